The van der Waals surface area contributed by atoms with Gasteiger partial charge in [-0.05, 0) is 33.2 Å². The molecule has 1 amide bonds. The highest BCUT2D eigenvalue weighted by atomic mass is 16.5. The highest BCUT2D eigenvalue weighted by Crippen LogP contribution is 2.21. The zero-order valence-electron chi connectivity index (χ0n) is 12.6. The second-order valence-corrected chi connectivity index (χ2v) is 5.42. The minimum Gasteiger partial charge on any atom is -0.382 e. The first-order valence-electron chi connectivity index (χ1n) is 7.78. The summed E-state index contributed by atoms with van der Waals surface area (Å²) in [6.07, 6.45) is 8.14. The molecule has 4 heteroatoms. The summed E-state index contributed by atoms with van der Waals surface area (Å²) in [6, 6.07) is 0.726. The fourth-order valence-corrected chi connectivity index (χ4v) is 2.64. The van der Waals surface area contributed by atoms with Gasteiger partial charge in [0.15, 0.2) is 0 Å². The third kappa shape index (κ3) is 7.53. The molecule has 1 N–H and O–H groups in total. The Balaban J connectivity index is 2.00. The molecule has 1 aliphatic carbocycles. The lowest BCUT2D eigenvalue weighted by molar-refractivity contribution is -0.121. The molecule has 0 spiro atoms. The number of amides is 1. The highest BCUT2D eigenvalue weighted by Gasteiger charge is 2.17. The smallest absolute Gasteiger partial charge is 0.220 e. The normalized spacial score (nSPS) is 16.8. The number of nitrogens with one attached hydrogen (secondary N) is 1. The van der Waals surface area contributed by atoms with Gasteiger partial charge in [-0.2, -0.15) is 0 Å². The van der Waals surface area contributed by atoms with Gasteiger partial charge in [0.2, 0.25) is 5.91 Å². The van der Waals surface area contributed by atoms with Crippen molar-refractivity contribution in [1.29, 1.82) is 0 Å². The van der Waals surface area contributed by atoms with Gasteiger partial charge in [0.1, 0.15) is 0 Å². The van der Waals surface area contributed by atoms with Gasteiger partial charge in [-0.25, -0.2) is 0 Å². The number of rotatable bonds is 9. The molecule has 0 atom stereocenters. The molecule has 0 saturated heterocycles. The lowest BCUT2D eigenvalue weighted by Gasteiger charge is -2.31. The molecule has 0 aliphatic heterocycles. The number of ether oxygens (including phenoxy) is 1. The summed E-state index contributed by atoms with van der Waals surface area (Å²) in [5.74, 6) is 0.150. The van der Waals surface area contributed by atoms with Crippen molar-refractivity contribution in [2.75, 3.05) is 33.4 Å². The summed E-state index contributed by atoms with van der Waals surface area (Å²) in [5.41, 5.74) is 0. The van der Waals surface area contributed by atoms with Crippen LogP contribution < -0.4 is 5.32 Å². The summed E-state index contributed by atoms with van der Waals surface area (Å²) in [6.45, 7) is 5.11. The second kappa shape index (κ2) is 10.2. The first-order valence-corrected chi connectivity index (χ1v) is 7.78. The van der Waals surface area contributed by atoms with E-state index in [1.165, 1.54) is 32.1 Å². The van der Waals surface area contributed by atoms with Crippen molar-refractivity contribution in [3.8, 4) is 0 Å². The summed E-state index contributed by atoms with van der Waals surface area (Å²) in [4.78, 5) is 14.0. The molecule has 0 aromatic rings. The fraction of sp³-hybridized carbons (Fsp3) is 0.933. The van der Waals surface area contributed by atoms with E-state index in [2.05, 4.69) is 17.3 Å². The third-order valence-corrected chi connectivity index (χ3v) is 3.88. The quantitative estimate of drug-likeness (QED) is 0.653. The van der Waals surface area contributed by atoms with Gasteiger partial charge < -0.3 is 15.0 Å². The van der Waals surface area contributed by atoms with E-state index in [0.717, 1.165) is 32.2 Å². The molecule has 112 valence electrons. The van der Waals surface area contributed by atoms with Crippen LogP contribution in [-0.2, 0) is 9.53 Å². The molecule has 19 heavy (non-hydrogen) atoms. The summed E-state index contributed by atoms with van der Waals surface area (Å²) >= 11 is 0. The van der Waals surface area contributed by atoms with E-state index in [4.69, 9.17) is 4.74 Å². The summed E-state index contributed by atoms with van der Waals surface area (Å²) in [5, 5.41) is 2.99. The van der Waals surface area contributed by atoms with Gasteiger partial charge in [-0.15, -0.1) is 0 Å². The summed E-state index contributed by atoms with van der Waals surface area (Å²) < 4.78 is 5.22. The van der Waals surface area contributed by atoms with Crippen LogP contribution in [0.3, 0.4) is 0 Å². The van der Waals surface area contributed by atoms with E-state index in [1.54, 1.807) is 0 Å². The monoisotopic (exact) mass is 270 g/mol. The maximum Gasteiger partial charge on any atom is 0.220 e. The van der Waals surface area contributed by atoms with Crippen molar-refractivity contribution in [3.63, 3.8) is 0 Å². The largest absolute Gasteiger partial charge is 0.382 e. The lowest BCUT2D eigenvalue weighted by atomic mass is 9.94. The topological polar surface area (TPSA) is 41.6 Å². The number of hydrogen-bond donors (Lipinski definition) is 1. The Hall–Kier alpha value is -0.610. The van der Waals surface area contributed by atoms with E-state index in [-0.39, 0.29) is 5.91 Å². The van der Waals surface area contributed by atoms with Crippen LogP contribution in [0.1, 0.15) is 51.9 Å². The fourth-order valence-electron chi connectivity index (χ4n) is 2.64. The number of carbonyl (C=O) groups excluding carboxylic acids is 1. The highest BCUT2D eigenvalue weighted by molar-refractivity contribution is 5.75. The van der Waals surface area contributed by atoms with Crippen LogP contribution in [0.5, 0.6) is 0 Å². The molecule has 0 unspecified atom stereocenters. The Morgan fingerprint density at radius 2 is 2.05 bits per heavy atom. The summed E-state index contributed by atoms with van der Waals surface area (Å²) in [7, 11) is 2.18. The van der Waals surface area contributed by atoms with E-state index in [9.17, 15) is 4.79 Å². The Morgan fingerprint density at radius 1 is 1.32 bits per heavy atom. The van der Waals surface area contributed by atoms with Crippen LogP contribution in [0.15, 0.2) is 0 Å². The standard InChI is InChI=1S/C15H30N2O2/c1-3-19-13-7-10-15(18)16-11-12-17(2)14-8-5-4-6-9-14/h14H,3-13H2,1-2H3,(H,16,18). The van der Waals surface area contributed by atoms with Crippen molar-refractivity contribution in [1.82, 2.24) is 10.2 Å². The first kappa shape index (κ1) is 16.4. The predicted octanol–water partition coefficient (Wildman–Crippen LogP) is 2.18. The Labute approximate surface area is 117 Å². The van der Waals surface area contributed by atoms with Crippen molar-refractivity contribution in [3.05, 3.63) is 0 Å². The van der Waals surface area contributed by atoms with Crippen LogP contribution in [-0.4, -0.2) is 50.2 Å². The maximum atomic E-state index is 11.6. The van der Waals surface area contributed by atoms with Gasteiger partial charge in [-0.3, -0.25) is 4.79 Å². The predicted molar refractivity (Wildman–Crippen MR) is 78.2 cm³/mol. The Morgan fingerprint density at radius 3 is 2.74 bits per heavy atom. The Bertz CT molecular complexity index is 240. The van der Waals surface area contributed by atoms with Crippen molar-refractivity contribution < 1.29 is 9.53 Å². The van der Waals surface area contributed by atoms with Gasteiger partial charge in [0.05, 0.1) is 0 Å². The van der Waals surface area contributed by atoms with Crippen molar-refractivity contribution >= 4 is 5.91 Å². The van der Waals surface area contributed by atoms with Gasteiger partial charge >= 0.3 is 0 Å². The van der Waals surface area contributed by atoms with Gasteiger partial charge in [0, 0.05) is 38.8 Å². The number of nitrogens with zero attached hydrogens (tertiary/aromatic N) is 1. The minimum atomic E-state index is 0.150. The van der Waals surface area contributed by atoms with Crippen LogP contribution in [0.25, 0.3) is 0 Å². The molecule has 0 bridgehead atoms. The average Bonchev–Trinajstić information content (AvgIpc) is 2.44. The zero-order valence-corrected chi connectivity index (χ0v) is 12.6. The average molecular weight is 270 g/mol. The molecule has 0 aromatic carbocycles. The van der Waals surface area contributed by atoms with Gasteiger partial charge in [-0.1, -0.05) is 19.3 Å². The van der Waals surface area contributed by atoms with E-state index >= 15 is 0 Å². The zero-order chi connectivity index (χ0) is 13.9. The molecule has 0 heterocycles. The molecule has 1 rings (SSSR count). The molecule has 1 fully saturated rings. The Kier molecular flexibility index (Phi) is 8.84. The second-order valence-electron chi connectivity index (χ2n) is 5.42. The molecule has 0 radical (unpaired) electrons. The van der Waals surface area contributed by atoms with Crippen LogP contribution in [0.2, 0.25) is 0 Å². The molecular formula is C15H30N2O2. The number of likely N-dealkylation sites (N-methyl/N-ethyl adjacent to an activating group) is 1. The molecule has 1 aliphatic rings. The molecular weight excluding hydrogens is 240 g/mol. The number of hydrogen-bond acceptors (Lipinski definition) is 3. The van der Waals surface area contributed by atoms with Crippen LogP contribution >= 0.6 is 0 Å². The van der Waals surface area contributed by atoms with Crippen LogP contribution in [0.4, 0.5) is 0 Å². The van der Waals surface area contributed by atoms with E-state index in [0.29, 0.717) is 13.0 Å². The van der Waals surface area contributed by atoms with Gasteiger partial charge in [0.25, 0.3) is 0 Å². The first-order chi connectivity index (χ1) is 9.24. The minimum absolute atomic E-state index is 0.150. The lowest BCUT2D eigenvalue weighted by Crippen LogP contribution is -2.39. The third-order valence-electron chi connectivity index (χ3n) is 3.88. The SMILES string of the molecule is CCOCCCC(=O)NCCN(C)C1CCCCC1. The van der Waals surface area contributed by atoms with Crippen molar-refractivity contribution in [2.24, 2.45) is 0 Å². The molecule has 0 aromatic heterocycles. The van der Waals surface area contributed by atoms with Crippen LogP contribution in [0, 0.1) is 0 Å². The molecule has 4 nitrogen and oxygen atoms in total. The maximum absolute atomic E-state index is 11.6. The van der Waals surface area contributed by atoms with Crippen molar-refractivity contribution in [2.45, 2.75) is 57.9 Å². The van der Waals surface area contributed by atoms with E-state index in [1.807, 2.05) is 6.92 Å². The van der Waals surface area contributed by atoms with E-state index < -0.39 is 0 Å². The number of carbonyl (C=O) groups is 1. The molecule has 1 saturated carbocycles.